The molecule has 2 rings (SSSR count). The van der Waals surface area contributed by atoms with Crippen LogP contribution in [0, 0.1) is 23.4 Å². The lowest BCUT2D eigenvalue weighted by Crippen LogP contribution is -3.11. The zero-order chi connectivity index (χ0) is 22.3. The summed E-state index contributed by atoms with van der Waals surface area (Å²) in [6.45, 7) is 4.02. The summed E-state index contributed by atoms with van der Waals surface area (Å²) in [6, 6.07) is 11.2. The quantitative estimate of drug-likeness (QED) is 0.544. The highest BCUT2D eigenvalue weighted by Crippen LogP contribution is 2.21. The Morgan fingerprint density at radius 3 is 2.20 bits per heavy atom. The van der Waals surface area contributed by atoms with E-state index < -0.39 is 29.0 Å². The molecule has 8 heteroatoms. The van der Waals surface area contributed by atoms with Gasteiger partial charge in [0.1, 0.15) is 0 Å². The van der Waals surface area contributed by atoms with Crippen molar-refractivity contribution in [1.29, 1.82) is 0 Å². The first-order valence-corrected chi connectivity index (χ1v) is 9.76. The van der Waals surface area contributed by atoms with Gasteiger partial charge in [0.25, 0.3) is 11.8 Å². The summed E-state index contributed by atoms with van der Waals surface area (Å²) < 4.78 is 39.9. The van der Waals surface area contributed by atoms with Crippen molar-refractivity contribution < 1.29 is 27.7 Å². The van der Waals surface area contributed by atoms with E-state index in [9.17, 15) is 22.8 Å². The molecule has 0 saturated heterocycles. The maximum absolute atomic E-state index is 13.7. The lowest BCUT2D eigenvalue weighted by molar-refractivity contribution is -0.862. The molecular weight excluding hydrogens is 395 g/mol. The fraction of sp³-hybridized carbons (Fsp3) is 0.364. The summed E-state index contributed by atoms with van der Waals surface area (Å²) in [5.74, 6) is -4.92. The number of carbonyl (C=O) groups is 2. The second-order valence-electron chi connectivity index (χ2n) is 7.74. The van der Waals surface area contributed by atoms with Crippen LogP contribution >= 0.6 is 0 Å². The Kier molecular flexibility index (Phi) is 8.41. The van der Waals surface area contributed by atoms with E-state index in [2.05, 4.69) is 24.5 Å². The van der Waals surface area contributed by atoms with Crippen LogP contribution in [0.15, 0.2) is 42.5 Å². The Balaban J connectivity index is 1.91. The smallest absolute Gasteiger partial charge is 0.279 e. The van der Waals surface area contributed by atoms with Gasteiger partial charge in [-0.2, -0.15) is 0 Å². The van der Waals surface area contributed by atoms with Gasteiger partial charge in [-0.1, -0.05) is 44.2 Å². The minimum atomic E-state index is -1.65. The first-order chi connectivity index (χ1) is 14.2. The number of hydrogen-bond acceptors (Lipinski definition) is 2. The summed E-state index contributed by atoms with van der Waals surface area (Å²) in [7, 11) is 1.64. The van der Waals surface area contributed by atoms with Crippen molar-refractivity contribution in [1.82, 2.24) is 5.32 Å². The number of benzene rings is 2. The van der Waals surface area contributed by atoms with Crippen molar-refractivity contribution in [3.63, 3.8) is 0 Å². The molecule has 0 heterocycles. The number of quaternary nitrogens is 1. The first-order valence-electron chi connectivity index (χ1n) is 9.76. The second kappa shape index (κ2) is 10.8. The number of halogens is 3. The zero-order valence-electron chi connectivity index (χ0n) is 17.3. The summed E-state index contributed by atoms with van der Waals surface area (Å²) in [4.78, 5) is 25.1. The third kappa shape index (κ3) is 6.88. The molecule has 162 valence electrons. The van der Waals surface area contributed by atoms with Crippen LogP contribution in [-0.2, 0) is 9.59 Å². The van der Waals surface area contributed by atoms with Crippen molar-refractivity contribution in [3.8, 4) is 0 Å². The number of likely N-dealkylation sites (N-methyl/N-ethyl adjacent to an activating group) is 1. The molecule has 0 spiro atoms. The van der Waals surface area contributed by atoms with Gasteiger partial charge < -0.3 is 15.5 Å². The molecule has 3 N–H and O–H groups in total. The van der Waals surface area contributed by atoms with Gasteiger partial charge in [0.2, 0.25) is 0 Å². The van der Waals surface area contributed by atoms with Crippen LogP contribution in [0.2, 0.25) is 0 Å². The monoisotopic (exact) mass is 422 g/mol. The van der Waals surface area contributed by atoms with Crippen LogP contribution in [0.5, 0.6) is 0 Å². The molecule has 0 radical (unpaired) electrons. The SMILES string of the molecule is CC(C)C[C@@H](NC(=O)C[NH+](C)CC(=O)Nc1ccc(F)c(F)c1F)c1ccccc1. The van der Waals surface area contributed by atoms with Gasteiger partial charge in [0.15, 0.2) is 30.5 Å². The predicted octanol–water partition coefficient (Wildman–Crippen LogP) is 2.46. The lowest BCUT2D eigenvalue weighted by atomic mass is 9.97. The predicted molar refractivity (Wildman–Crippen MR) is 108 cm³/mol. The van der Waals surface area contributed by atoms with E-state index in [1.807, 2.05) is 30.3 Å². The highest BCUT2D eigenvalue weighted by atomic mass is 19.2. The van der Waals surface area contributed by atoms with Gasteiger partial charge in [-0.3, -0.25) is 9.59 Å². The van der Waals surface area contributed by atoms with Crippen molar-refractivity contribution in [2.45, 2.75) is 26.3 Å². The number of amides is 2. The van der Waals surface area contributed by atoms with E-state index in [0.29, 0.717) is 10.8 Å². The molecular formula is C22H27F3N3O2+. The van der Waals surface area contributed by atoms with Crippen LogP contribution in [0.25, 0.3) is 0 Å². The van der Waals surface area contributed by atoms with Crippen LogP contribution in [0.4, 0.5) is 18.9 Å². The van der Waals surface area contributed by atoms with Gasteiger partial charge in [-0.15, -0.1) is 0 Å². The number of hydrogen-bond donors (Lipinski definition) is 3. The molecule has 5 nitrogen and oxygen atoms in total. The first kappa shape index (κ1) is 23.4. The highest BCUT2D eigenvalue weighted by molar-refractivity contribution is 5.91. The summed E-state index contributed by atoms with van der Waals surface area (Å²) >= 11 is 0. The fourth-order valence-corrected chi connectivity index (χ4v) is 3.11. The molecule has 0 aromatic heterocycles. The van der Waals surface area contributed by atoms with Crippen molar-refractivity contribution >= 4 is 17.5 Å². The highest BCUT2D eigenvalue weighted by Gasteiger charge is 2.21. The van der Waals surface area contributed by atoms with E-state index in [0.717, 1.165) is 24.1 Å². The minimum Gasteiger partial charge on any atom is -0.344 e. The maximum Gasteiger partial charge on any atom is 0.279 e. The molecule has 2 amide bonds. The Morgan fingerprint density at radius 2 is 1.57 bits per heavy atom. The van der Waals surface area contributed by atoms with Crippen LogP contribution in [-0.4, -0.2) is 32.0 Å². The van der Waals surface area contributed by atoms with E-state index in [1.165, 1.54) is 0 Å². The Labute approximate surface area is 174 Å². The van der Waals surface area contributed by atoms with Crippen molar-refractivity contribution in [2.75, 3.05) is 25.5 Å². The van der Waals surface area contributed by atoms with Crippen LogP contribution in [0.1, 0.15) is 31.9 Å². The van der Waals surface area contributed by atoms with Crippen LogP contribution in [0.3, 0.4) is 0 Å². The normalized spacial score (nSPS) is 13.0. The Hall–Kier alpha value is -2.87. The molecule has 0 aliphatic carbocycles. The summed E-state index contributed by atoms with van der Waals surface area (Å²) in [5, 5.41) is 5.20. The largest absolute Gasteiger partial charge is 0.344 e. The topological polar surface area (TPSA) is 62.6 Å². The molecule has 0 bridgehead atoms. The molecule has 0 fully saturated rings. The average Bonchev–Trinajstić information content (AvgIpc) is 2.68. The lowest BCUT2D eigenvalue weighted by Gasteiger charge is -2.22. The zero-order valence-corrected chi connectivity index (χ0v) is 17.3. The molecule has 2 aromatic rings. The molecule has 2 atom stereocenters. The van der Waals surface area contributed by atoms with Crippen molar-refractivity contribution in [2.24, 2.45) is 5.92 Å². The van der Waals surface area contributed by atoms with Gasteiger partial charge in [-0.25, -0.2) is 13.2 Å². The average molecular weight is 422 g/mol. The molecule has 1 unspecified atom stereocenters. The Bertz CT molecular complexity index is 875. The van der Waals surface area contributed by atoms with Gasteiger partial charge >= 0.3 is 0 Å². The molecule has 2 aromatic carbocycles. The van der Waals surface area contributed by atoms with Gasteiger partial charge in [0, 0.05) is 0 Å². The standard InChI is InChI=1S/C22H26F3N3O2/c1-14(2)11-18(15-7-5-4-6-8-15)27-20(30)13-28(3)12-19(29)26-17-10-9-16(23)21(24)22(17)25/h4-10,14,18H,11-13H2,1-3H3,(H,26,29)(H,27,30)/p+1/t18-/m1/s1. The third-order valence-electron chi connectivity index (χ3n) is 4.48. The number of rotatable bonds is 9. The fourth-order valence-electron chi connectivity index (χ4n) is 3.11. The van der Waals surface area contributed by atoms with Crippen molar-refractivity contribution in [3.05, 3.63) is 65.5 Å². The van der Waals surface area contributed by atoms with Crippen LogP contribution < -0.4 is 15.5 Å². The molecule has 30 heavy (non-hydrogen) atoms. The second-order valence-corrected chi connectivity index (χ2v) is 7.74. The minimum absolute atomic E-state index is 0.0229. The van der Waals surface area contributed by atoms with E-state index in [4.69, 9.17) is 0 Å². The maximum atomic E-state index is 13.7. The summed E-state index contributed by atoms with van der Waals surface area (Å²) in [5.41, 5.74) is 0.556. The number of nitrogens with one attached hydrogen (secondary N) is 3. The molecule has 0 saturated carbocycles. The van der Waals surface area contributed by atoms with E-state index in [-0.39, 0.29) is 25.0 Å². The van der Waals surface area contributed by atoms with E-state index >= 15 is 0 Å². The third-order valence-corrected chi connectivity index (χ3v) is 4.48. The number of anilines is 1. The van der Waals surface area contributed by atoms with Gasteiger partial charge in [-0.05, 0) is 30.0 Å². The van der Waals surface area contributed by atoms with E-state index in [1.54, 1.807) is 7.05 Å². The van der Waals surface area contributed by atoms with Gasteiger partial charge in [0.05, 0.1) is 18.8 Å². The Morgan fingerprint density at radius 1 is 0.933 bits per heavy atom. The molecule has 0 aliphatic rings. The number of carbonyl (C=O) groups excluding carboxylic acids is 2. The summed E-state index contributed by atoms with van der Waals surface area (Å²) in [6.07, 6.45) is 0.769. The molecule has 0 aliphatic heterocycles.